The molecule has 2 heterocycles. The predicted octanol–water partition coefficient (Wildman–Crippen LogP) is 2.60. The fraction of sp³-hybridized carbons (Fsp3) is 0.635. The Morgan fingerprint density at radius 3 is 1.96 bits per heavy atom. The van der Waals surface area contributed by atoms with Crippen LogP contribution < -0.4 is 26.0 Å². The molecule has 5 amide bonds. The number of nitrogens with one attached hydrogen (secondary N) is 5. The highest BCUT2D eigenvalue weighted by atomic mass is 32.2. The summed E-state index contributed by atoms with van der Waals surface area (Å²) < 4.78 is 77.0. The number of non-ortho nitro benzene ring substituents is 1. The summed E-state index contributed by atoms with van der Waals surface area (Å²) in [5.74, 6) is -1.21. The Kier molecular flexibility index (Phi) is 22.4. The van der Waals surface area contributed by atoms with Crippen LogP contribution in [0.15, 0.2) is 65.3 Å². The average Bonchev–Trinajstić information content (AvgIpc) is 2.57. The third-order valence-corrected chi connectivity index (χ3v) is 14.2. The number of nitro groups is 2. The standard InChI is InChI=1S/C52H76N8O23S/c1-49(2,3)81-46(66)53-23-22-35(61)42(64)55-32-24-33(56-47(67)82-50(4,5)6)40(37(62)39(32)80-44-38(63)41(52(10,69)27-77-44)58(11)48(68)83-51(7,8)9)79-43-31(57-84(74,75)36-15-13-12-14-34(36)60(72)73)21-20-30(78-43)25-54-45(65)76-26-28-16-18-29(19-17-28)59(70)71/h12-20,31-33,35,37-41,43-44,57,61-63,69H,21-27H2,1-11H3,(H,53,66)(H,54,65)(H,55,64)(H,56,67)/t31-,32-,33+,35+,37-,38-,39+,40-,41-,43-,44-,52+/m1/s1. The second kappa shape index (κ2) is 27.8. The molecule has 84 heavy (non-hydrogen) atoms. The van der Waals surface area contributed by atoms with Crippen molar-refractivity contribution in [1.82, 2.24) is 30.9 Å². The van der Waals surface area contributed by atoms with Gasteiger partial charge in [-0.3, -0.25) is 25.0 Å². The average molecular weight is 1210 g/mol. The van der Waals surface area contributed by atoms with E-state index in [1.165, 1.54) is 56.4 Å². The number of nitrogens with zero attached hydrogens (tertiary/aromatic N) is 3. The van der Waals surface area contributed by atoms with E-state index < -0.39 is 170 Å². The van der Waals surface area contributed by atoms with Crippen LogP contribution in [0.25, 0.3) is 0 Å². The quantitative estimate of drug-likeness (QED) is 0.0522. The normalized spacial score (nSPS) is 25.9. The number of hydrogen-bond donors (Lipinski definition) is 9. The first-order valence-electron chi connectivity index (χ1n) is 26.5. The van der Waals surface area contributed by atoms with Crippen molar-refractivity contribution < 1.29 is 101 Å². The van der Waals surface area contributed by atoms with Crippen molar-refractivity contribution >= 4 is 51.7 Å². The molecule has 0 aromatic heterocycles. The molecule has 5 rings (SSSR count). The molecular weight excluding hydrogens is 1140 g/mol. The molecule has 9 N–H and O–H groups in total. The largest absolute Gasteiger partial charge is 0.466 e. The van der Waals surface area contributed by atoms with Crippen molar-refractivity contribution in [2.75, 3.05) is 26.7 Å². The van der Waals surface area contributed by atoms with Crippen LogP contribution >= 0.6 is 0 Å². The first-order valence-corrected chi connectivity index (χ1v) is 28.0. The SMILES string of the molecule is CN(C(=O)OC(C)(C)C)[C@@H]1[C@@H](O)[C@@H](O[C@@H]2[C@@H](O)[C@H](O[C@H]3OC(CNC(=O)OCc4ccc([N+](=O)[O-])cc4)=CC[C@H]3NS(=O)(=O)c3ccccc3[N+](=O)[O-])[C@@H](NC(=O)OC(C)(C)C)C[C@H]2NC(=O)[C@@H](O)CCNC(=O)OC(C)(C)C)OC[C@]1(C)O. The third-order valence-electron chi connectivity index (χ3n) is 12.6. The topological polar surface area (TPSA) is 424 Å². The number of nitro benzene ring substituents is 2. The molecule has 0 unspecified atom stereocenters. The number of amides is 5. The van der Waals surface area contributed by atoms with Gasteiger partial charge in [-0.05, 0) is 118 Å². The lowest BCUT2D eigenvalue weighted by molar-refractivity contribution is -0.387. The highest BCUT2D eigenvalue weighted by molar-refractivity contribution is 7.89. The molecule has 2 fully saturated rings. The van der Waals surface area contributed by atoms with E-state index in [0.29, 0.717) is 5.56 Å². The van der Waals surface area contributed by atoms with Crippen LogP contribution in [0.3, 0.4) is 0 Å². The van der Waals surface area contributed by atoms with Crippen molar-refractivity contribution in [2.45, 2.75) is 190 Å². The first-order chi connectivity index (χ1) is 38.8. The Morgan fingerprint density at radius 2 is 1.37 bits per heavy atom. The zero-order valence-corrected chi connectivity index (χ0v) is 49.1. The van der Waals surface area contributed by atoms with Gasteiger partial charge < -0.3 is 84.5 Å². The fourth-order valence-electron chi connectivity index (χ4n) is 8.97. The summed E-state index contributed by atoms with van der Waals surface area (Å²) in [5, 5.41) is 80.6. The van der Waals surface area contributed by atoms with Gasteiger partial charge in [-0.15, -0.1) is 0 Å². The number of sulfonamides is 1. The van der Waals surface area contributed by atoms with Crippen molar-refractivity contribution in [3.63, 3.8) is 0 Å². The number of aliphatic hydroxyl groups excluding tert-OH is 3. The minimum absolute atomic E-state index is 0.102. The van der Waals surface area contributed by atoms with Gasteiger partial charge in [0, 0.05) is 31.8 Å². The maximum atomic E-state index is 14.1. The van der Waals surface area contributed by atoms with Gasteiger partial charge in [0.2, 0.25) is 22.2 Å². The molecule has 1 aliphatic carbocycles. The maximum absolute atomic E-state index is 14.1. The lowest BCUT2D eigenvalue weighted by Crippen LogP contribution is -2.71. The summed E-state index contributed by atoms with van der Waals surface area (Å²) in [6, 6.07) is 3.42. The molecule has 1 saturated heterocycles. The third kappa shape index (κ3) is 19.5. The molecular formula is C52H76N8O23S. The number of rotatable bonds is 20. The van der Waals surface area contributed by atoms with Crippen LogP contribution in [0, 0.1) is 20.2 Å². The lowest BCUT2D eigenvalue weighted by Gasteiger charge is -2.50. The summed E-state index contributed by atoms with van der Waals surface area (Å²) in [6.07, 6.45) is -17.4. The molecule has 2 aromatic rings. The van der Waals surface area contributed by atoms with E-state index in [9.17, 15) is 73.0 Å². The Bertz CT molecular complexity index is 2820. The van der Waals surface area contributed by atoms with Crippen LogP contribution in [0.1, 0.15) is 94.1 Å². The summed E-state index contributed by atoms with van der Waals surface area (Å²) in [6.45, 7) is 13.8. The van der Waals surface area contributed by atoms with Gasteiger partial charge >= 0.3 is 24.4 Å². The molecule has 3 aliphatic rings. The van der Waals surface area contributed by atoms with Gasteiger partial charge in [0.05, 0.1) is 47.2 Å². The van der Waals surface area contributed by atoms with E-state index in [2.05, 4.69) is 26.0 Å². The summed E-state index contributed by atoms with van der Waals surface area (Å²) in [4.78, 5) is 88.2. The van der Waals surface area contributed by atoms with E-state index in [0.717, 1.165) is 17.0 Å². The number of carbonyl (C=O) groups is 5. The molecule has 2 aliphatic heterocycles. The van der Waals surface area contributed by atoms with Gasteiger partial charge in [-0.2, -0.15) is 0 Å². The number of hydrogen-bond acceptors (Lipinski definition) is 23. The zero-order chi connectivity index (χ0) is 62.9. The zero-order valence-electron chi connectivity index (χ0n) is 48.3. The van der Waals surface area contributed by atoms with Crippen LogP contribution in [-0.2, 0) is 59.3 Å². The Hall–Kier alpha value is -7.04. The molecule has 0 bridgehead atoms. The Balaban J connectivity index is 1.54. The molecule has 2 aromatic carbocycles. The molecule has 0 spiro atoms. The second-order valence-corrected chi connectivity index (χ2v) is 25.0. The van der Waals surface area contributed by atoms with Gasteiger partial charge in [0.25, 0.3) is 11.4 Å². The minimum atomic E-state index is -4.87. The molecule has 32 heteroatoms. The molecule has 12 atom stereocenters. The van der Waals surface area contributed by atoms with Crippen LogP contribution in [0.4, 0.5) is 30.6 Å². The number of aliphatic hydroxyl groups is 4. The maximum Gasteiger partial charge on any atom is 0.410 e. The van der Waals surface area contributed by atoms with E-state index in [1.807, 2.05) is 0 Å². The number of benzene rings is 2. The van der Waals surface area contributed by atoms with Crippen molar-refractivity contribution in [3.05, 3.63) is 86.2 Å². The Labute approximate surface area is 484 Å². The first kappa shape index (κ1) is 67.7. The predicted molar refractivity (Wildman–Crippen MR) is 291 cm³/mol. The van der Waals surface area contributed by atoms with E-state index in [4.69, 9.17) is 37.9 Å². The van der Waals surface area contributed by atoms with Gasteiger partial charge in [0.1, 0.15) is 65.3 Å². The second-order valence-electron chi connectivity index (χ2n) is 23.3. The molecule has 468 valence electrons. The van der Waals surface area contributed by atoms with Crippen molar-refractivity contribution in [1.29, 1.82) is 0 Å². The van der Waals surface area contributed by atoms with Crippen LogP contribution in [0.5, 0.6) is 0 Å². The minimum Gasteiger partial charge on any atom is -0.466 e. The smallest absolute Gasteiger partial charge is 0.410 e. The molecule has 0 radical (unpaired) electrons. The number of carbonyl (C=O) groups excluding carboxylic acids is 5. The Morgan fingerprint density at radius 1 is 0.786 bits per heavy atom. The van der Waals surface area contributed by atoms with E-state index in [-0.39, 0.29) is 37.4 Å². The van der Waals surface area contributed by atoms with Gasteiger partial charge in [-0.1, -0.05) is 12.1 Å². The van der Waals surface area contributed by atoms with Crippen LogP contribution in [0.2, 0.25) is 0 Å². The van der Waals surface area contributed by atoms with E-state index in [1.54, 1.807) is 62.3 Å². The number of para-hydroxylation sites is 1. The van der Waals surface area contributed by atoms with Crippen molar-refractivity contribution in [2.24, 2.45) is 0 Å². The summed E-state index contributed by atoms with van der Waals surface area (Å²) >= 11 is 0. The van der Waals surface area contributed by atoms with Gasteiger partial charge in [-0.25, -0.2) is 32.3 Å². The highest BCUT2D eigenvalue weighted by Crippen LogP contribution is 2.36. The summed E-state index contributed by atoms with van der Waals surface area (Å²) in [7, 11) is -3.64. The monoisotopic (exact) mass is 1210 g/mol. The number of ether oxygens (including phenoxy) is 8. The van der Waals surface area contributed by atoms with Crippen LogP contribution in [-0.4, -0.2) is 190 Å². The summed E-state index contributed by atoms with van der Waals surface area (Å²) in [5.41, 5.74) is -5.65. The number of likely N-dealkylation sites (N-methyl/N-ethyl adjacent to an activating group) is 1. The fourth-order valence-corrected chi connectivity index (χ4v) is 10.4. The lowest BCUT2D eigenvalue weighted by atomic mass is 9.82. The van der Waals surface area contributed by atoms with Gasteiger partial charge in [0.15, 0.2) is 11.2 Å². The van der Waals surface area contributed by atoms with E-state index >= 15 is 0 Å². The van der Waals surface area contributed by atoms with Crippen molar-refractivity contribution in [3.8, 4) is 0 Å². The molecule has 31 nitrogen and oxygen atoms in total. The number of alkyl carbamates (subject to hydrolysis) is 3. The highest BCUT2D eigenvalue weighted by Gasteiger charge is 2.55. The molecule has 1 saturated carbocycles.